The number of ether oxygens (including phenoxy) is 1. The number of aliphatic hydroxyl groups excluding tert-OH is 3. The molecule has 1 fully saturated rings. The van der Waals surface area contributed by atoms with Crippen LogP contribution in [0.1, 0.15) is 12.5 Å². The van der Waals surface area contributed by atoms with Gasteiger partial charge >= 0.3 is 6.18 Å². The number of hydrogen-bond acceptors (Lipinski definition) is 6. The van der Waals surface area contributed by atoms with Crippen molar-refractivity contribution < 1.29 is 38.0 Å². The zero-order valence-electron chi connectivity index (χ0n) is 13.1. The zero-order chi connectivity index (χ0) is 18.8. The van der Waals surface area contributed by atoms with Crippen LogP contribution in [0, 0.1) is 0 Å². The summed E-state index contributed by atoms with van der Waals surface area (Å²) in [5, 5.41) is 32.9. The number of nitrogens with zero attached hydrogens (tertiary/aromatic N) is 2. The van der Waals surface area contributed by atoms with E-state index in [0.29, 0.717) is 5.01 Å². The molecule has 1 aliphatic heterocycles. The van der Waals surface area contributed by atoms with Gasteiger partial charge in [-0.2, -0.15) is 18.3 Å². The number of alkyl halides is 3. The van der Waals surface area contributed by atoms with E-state index in [0.717, 1.165) is 31.3 Å². The molecule has 7 nitrogen and oxygen atoms in total. The first-order valence-electron chi connectivity index (χ1n) is 7.29. The predicted octanol–water partition coefficient (Wildman–Crippen LogP) is 0.526. The molecule has 3 N–H and O–H groups in total. The maximum atomic E-state index is 12.8. The Labute approximate surface area is 140 Å². The molecule has 0 spiro atoms. The quantitative estimate of drug-likeness (QED) is 0.536. The van der Waals surface area contributed by atoms with Gasteiger partial charge in [0.2, 0.25) is 5.91 Å². The summed E-state index contributed by atoms with van der Waals surface area (Å²) in [5.74, 6) is -0.665. The van der Waals surface area contributed by atoms with Gasteiger partial charge in [-0.25, -0.2) is 5.01 Å². The van der Waals surface area contributed by atoms with Crippen LogP contribution in [0.4, 0.5) is 18.9 Å². The van der Waals surface area contributed by atoms with Gasteiger partial charge in [-0.1, -0.05) is 6.07 Å². The molecule has 0 radical (unpaired) electrons. The van der Waals surface area contributed by atoms with Gasteiger partial charge in [0, 0.05) is 6.92 Å². The van der Waals surface area contributed by atoms with Crippen molar-refractivity contribution in [3.8, 4) is 0 Å². The van der Waals surface area contributed by atoms with Gasteiger partial charge in [0.15, 0.2) is 0 Å². The van der Waals surface area contributed by atoms with Crippen LogP contribution < -0.4 is 5.01 Å². The summed E-state index contributed by atoms with van der Waals surface area (Å²) in [6.07, 6.45) is -8.47. The van der Waals surface area contributed by atoms with Crippen molar-refractivity contribution in [1.29, 1.82) is 0 Å². The highest BCUT2D eigenvalue weighted by Gasteiger charge is 2.41. The number of rotatable bonds is 4. The van der Waals surface area contributed by atoms with Crippen LogP contribution in [0.3, 0.4) is 0 Å². The monoisotopic (exact) mass is 362 g/mol. The Morgan fingerprint density at radius 3 is 2.56 bits per heavy atom. The lowest BCUT2D eigenvalue weighted by atomic mass is 10.1. The number of hydrazone groups is 1. The normalized spacial score (nSPS) is 27.0. The van der Waals surface area contributed by atoms with Crippen LogP contribution >= 0.6 is 0 Å². The van der Waals surface area contributed by atoms with Crippen LogP contribution in [0.5, 0.6) is 0 Å². The summed E-state index contributed by atoms with van der Waals surface area (Å²) in [5.41, 5.74) is -1.07. The minimum atomic E-state index is -4.58. The maximum Gasteiger partial charge on any atom is 0.416 e. The molecule has 0 bridgehead atoms. The van der Waals surface area contributed by atoms with E-state index in [2.05, 4.69) is 5.10 Å². The maximum absolute atomic E-state index is 12.8. The molecule has 4 atom stereocenters. The summed E-state index contributed by atoms with van der Waals surface area (Å²) < 4.78 is 43.5. The first kappa shape index (κ1) is 19.3. The van der Waals surface area contributed by atoms with E-state index < -0.39 is 48.7 Å². The summed E-state index contributed by atoms with van der Waals surface area (Å²) in [4.78, 5) is 11.7. The zero-order valence-corrected chi connectivity index (χ0v) is 13.1. The number of halogens is 3. The second-order valence-electron chi connectivity index (χ2n) is 5.45. The fraction of sp³-hybridized carbons (Fsp3) is 0.467. The molecule has 1 aromatic carbocycles. The largest absolute Gasteiger partial charge is 0.416 e. The van der Waals surface area contributed by atoms with Crippen LogP contribution in [0.2, 0.25) is 0 Å². The third-order valence-electron chi connectivity index (χ3n) is 3.62. The van der Waals surface area contributed by atoms with Gasteiger partial charge in [-0.3, -0.25) is 4.79 Å². The molecular formula is C15H17F3N2O5. The van der Waals surface area contributed by atoms with Gasteiger partial charge in [-0.15, -0.1) is 0 Å². The topological polar surface area (TPSA) is 103 Å². The third kappa shape index (κ3) is 4.34. The molecule has 0 aromatic heterocycles. The Hall–Kier alpha value is -2.01. The Bertz CT molecular complexity index is 652. The number of hydrogen-bond donors (Lipinski definition) is 3. The molecular weight excluding hydrogens is 345 g/mol. The van der Waals surface area contributed by atoms with Crippen molar-refractivity contribution in [3.63, 3.8) is 0 Å². The summed E-state index contributed by atoms with van der Waals surface area (Å²) >= 11 is 0. The van der Waals surface area contributed by atoms with Gasteiger partial charge < -0.3 is 20.1 Å². The molecule has 1 aliphatic rings. The minimum absolute atomic E-state index is 0.120. The number of aliphatic hydroxyl groups is 3. The van der Waals surface area contributed by atoms with E-state index in [-0.39, 0.29) is 5.69 Å². The summed E-state index contributed by atoms with van der Waals surface area (Å²) in [6.45, 7) is 0.571. The van der Waals surface area contributed by atoms with E-state index in [4.69, 9.17) is 9.84 Å². The highest BCUT2D eigenvalue weighted by Crippen LogP contribution is 2.31. The first-order valence-corrected chi connectivity index (χ1v) is 7.29. The average molecular weight is 362 g/mol. The van der Waals surface area contributed by atoms with E-state index in [1.807, 2.05) is 0 Å². The van der Waals surface area contributed by atoms with Gasteiger partial charge in [0.25, 0.3) is 0 Å². The van der Waals surface area contributed by atoms with Crippen LogP contribution in [-0.4, -0.2) is 58.5 Å². The van der Waals surface area contributed by atoms with E-state index in [1.54, 1.807) is 0 Å². The Balaban J connectivity index is 2.24. The molecule has 1 heterocycles. The van der Waals surface area contributed by atoms with E-state index in [9.17, 15) is 28.2 Å². The van der Waals surface area contributed by atoms with Crippen molar-refractivity contribution in [2.75, 3.05) is 11.6 Å². The number of anilines is 1. The molecule has 1 amide bonds. The molecule has 10 heteroatoms. The highest BCUT2D eigenvalue weighted by molar-refractivity contribution is 5.92. The van der Waals surface area contributed by atoms with Gasteiger partial charge in [-0.05, 0) is 18.2 Å². The molecule has 0 saturated carbocycles. The number of carbonyl (C=O) groups is 1. The molecule has 2 rings (SSSR count). The highest BCUT2D eigenvalue weighted by atomic mass is 19.4. The Morgan fingerprint density at radius 2 is 2.04 bits per heavy atom. The molecule has 25 heavy (non-hydrogen) atoms. The number of benzene rings is 1. The predicted molar refractivity (Wildman–Crippen MR) is 80.9 cm³/mol. The minimum Gasteiger partial charge on any atom is -0.394 e. The van der Waals surface area contributed by atoms with Crippen molar-refractivity contribution in [3.05, 3.63) is 29.8 Å². The van der Waals surface area contributed by atoms with Crippen LogP contribution in [0.25, 0.3) is 0 Å². The van der Waals surface area contributed by atoms with Crippen molar-refractivity contribution in [1.82, 2.24) is 0 Å². The Morgan fingerprint density at radius 1 is 1.36 bits per heavy atom. The fourth-order valence-electron chi connectivity index (χ4n) is 2.33. The van der Waals surface area contributed by atoms with E-state index >= 15 is 0 Å². The van der Waals surface area contributed by atoms with Crippen molar-refractivity contribution in [2.24, 2.45) is 5.10 Å². The second kappa shape index (κ2) is 7.48. The second-order valence-corrected chi connectivity index (χ2v) is 5.45. The van der Waals surface area contributed by atoms with E-state index in [1.165, 1.54) is 6.07 Å². The molecule has 138 valence electrons. The standard InChI is InChI=1S/C15H17F3N2O5/c1-8(22)20(10-4-2-3-9(5-10)15(16,17)18)19-6-11-13(23)14(24)12(7-21)25-11/h2-6,11-14,21,23-24H,7H2,1H3/b19-6+/t11-,12-,13-,14-/m1/s1. The van der Waals surface area contributed by atoms with Crippen molar-refractivity contribution >= 4 is 17.8 Å². The third-order valence-corrected chi connectivity index (χ3v) is 3.62. The number of carbonyl (C=O) groups excluding carboxylic acids is 1. The van der Waals surface area contributed by atoms with Gasteiger partial charge in [0.05, 0.1) is 24.1 Å². The summed E-state index contributed by atoms with van der Waals surface area (Å²) in [6, 6.07) is 4.02. The number of amides is 1. The van der Waals surface area contributed by atoms with Crippen LogP contribution in [-0.2, 0) is 15.7 Å². The SMILES string of the molecule is CC(=O)N(/N=C/[C@H]1O[C@H](CO)[C@@H](O)[C@@H]1O)c1cccc(C(F)(F)F)c1. The lowest BCUT2D eigenvalue weighted by Crippen LogP contribution is -2.34. The first-order chi connectivity index (χ1) is 11.6. The van der Waals surface area contributed by atoms with Gasteiger partial charge in [0.1, 0.15) is 24.4 Å². The van der Waals surface area contributed by atoms with Crippen molar-refractivity contribution in [2.45, 2.75) is 37.5 Å². The average Bonchev–Trinajstić information content (AvgIpc) is 2.82. The smallest absolute Gasteiger partial charge is 0.394 e. The lowest BCUT2D eigenvalue weighted by Gasteiger charge is -2.18. The lowest BCUT2D eigenvalue weighted by molar-refractivity contribution is -0.137. The molecule has 1 saturated heterocycles. The molecule has 1 aromatic rings. The summed E-state index contributed by atoms with van der Waals surface area (Å²) in [7, 11) is 0. The fourth-order valence-corrected chi connectivity index (χ4v) is 2.33. The Kier molecular flexibility index (Phi) is 5.78. The van der Waals surface area contributed by atoms with Crippen LogP contribution in [0.15, 0.2) is 29.4 Å². The molecule has 0 unspecified atom stereocenters. The molecule has 0 aliphatic carbocycles.